The molecular weight excluding hydrogens is 310 g/mol. The Bertz CT molecular complexity index is 605. The molecule has 0 aromatic carbocycles. The largest absolute Gasteiger partial charge is 0.373 e. The van der Waals surface area contributed by atoms with Crippen molar-refractivity contribution in [2.75, 3.05) is 5.32 Å². The number of halogens is 1. The van der Waals surface area contributed by atoms with E-state index in [1.54, 1.807) is 18.6 Å². The predicted octanol–water partition coefficient (Wildman–Crippen LogP) is 2.48. The van der Waals surface area contributed by atoms with E-state index < -0.39 is 0 Å². The number of hydrogen-bond donors (Lipinski definition) is 2. The molecule has 0 aliphatic carbocycles. The van der Waals surface area contributed by atoms with Crippen molar-refractivity contribution in [3.8, 4) is 0 Å². The number of aromatic amines is 1. The summed E-state index contributed by atoms with van der Waals surface area (Å²) in [5.74, 6) is 0.805. The highest BCUT2D eigenvalue weighted by Gasteiger charge is 2.14. The van der Waals surface area contributed by atoms with Gasteiger partial charge in [0, 0.05) is 12.4 Å². The van der Waals surface area contributed by atoms with Gasteiger partial charge in [0.15, 0.2) is 0 Å². The number of H-pyrrole nitrogens is 1. The lowest BCUT2D eigenvalue weighted by Gasteiger charge is -2.15. The predicted molar refractivity (Wildman–Crippen MR) is 77.2 cm³/mol. The average Bonchev–Trinajstić information content (AvgIpc) is 2.88. The minimum atomic E-state index is -0.147. The van der Waals surface area contributed by atoms with Crippen molar-refractivity contribution in [1.29, 1.82) is 0 Å². The second-order valence-electron chi connectivity index (χ2n) is 4.56. The maximum atomic E-state index is 12.1. The third kappa shape index (κ3) is 2.86. The molecule has 0 bridgehead atoms. The van der Waals surface area contributed by atoms with Gasteiger partial charge in [-0.25, -0.2) is 9.67 Å². The van der Waals surface area contributed by atoms with Gasteiger partial charge in [-0.05, 0) is 36.7 Å². The summed E-state index contributed by atoms with van der Waals surface area (Å²) in [6.07, 6.45) is 5.10. The summed E-state index contributed by atoms with van der Waals surface area (Å²) < 4.78 is 1.92. The van der Waals surface area contributed by atoms with Crippen LogP contribution in [0.15, 0.2) is 27.9 Å². The van der Waals surface area contributed by atoms with Gasteiger partial charge in [0.05, 0.1) is 24.0 Å². The zero-order valence-electron chi connectivity index (χ0n) is 11.0. The Labute approximate surface area is 119 Å². The fourth-order valence-corrected chi connectivity index (χ4v) is 2.13. The Kier molecular flexibility index (Phi) is 4.04. The first-order chi connectivity index (χ1) is 9.00. The van der Waals surface area contributed by atoms with Crippen molar-refractivity contribution in [2.24, 2.45) is 0 Å². The lowest BCUT2D eigenvalue weighted by atomic mass is 10.3. The molecule has 0 saturated carbocycles. The van der Waals surface area contributed by atoms with Gasteiger partial charge in [0.2, 0.25) is 0 Å². The minimum Gasteiger partial charge on any atom is -0.373 e. The standard InChI is InChI=1S/C12H16BrN5O/c1-7(2)18-12(19)10(13)9(6-16-18)17-8(3)11-14-4-5-15-11/h4-8,17H,1-3H3,(H,14,15). The van der Waals surface area contributed by atoms with Gasteiger partial charge in [-0.1, -0.05) is 0 Å². The fraction of sp³-hybridized carbons (Fsp3) is 0.417. The van der Waals surface area contributed by atoms with Gasteiger partial charge >= 0.3 is 0 Å². The van der Waals surface area contributed by atoms with Crippen LogP contribution in [0.3, 0.4) is 0 Å². The topological polar surface area (TPSA) is 75.6 Å². The average molecular weight is 326 g/mol. The van der Waals surface area contributed by atoms with Crippen LogP contribution in [0.2, 0.25) is 0 Å². The third-order valence-corrected chi connectivity index (χ3v) is 3.50. The number of imidazole rings is 1. The summed E-state index contributed by atoms with van der Waals surface area (Å²) in [6.45, 7) is 5.79. The van der Waals surface area contributed by atoms with Gasteiger partial charge in [-0.15, -0.1) is 0 Å². The molecular formula is C12H16BrN5O. The van der Waals surface area contributed by atoms with Crippen LogP contribution >= 0.6 is 15.9 Å². The molecule has 1 atom stereocenters. The van der Waals surface area contributed by atoms with E-state index in [0.717, 1.165) is 5.82 Å². The SMILES string of the molecule is CC(Nc1cnn(C(C)C)c(=O)c1Br)c1ncc[nH]1. The highest BCUT2D eigenvalue weighted by Crippen LogP contribution is 2.21. The highest BCUT2D eigenvalue weighted by atomic mass is 79.9. The summed E-state index contributed by atoms with van der Waals surface area (Å²) in [7, 11) is 0. The van der Waals surface area contributed by atoms with Crippen LogP contribution in [0.25, 0.3) is 0 Å². The maximum Gasteiger partial charge on any atom is 0.283 e. The highest BCUT2D eigenvalue weighted by molar-refractivity contribution is 9.10. The zero-order valence-corrected chi connectivity index (χ0v) is 12.6. The zero-order chi connectivity index (χ0) is 14.0. The number of anilines is 1. The molecule has 0 amide bonds. The Morgan fingerprint density at radius 1 is 1.42 bits per heavy atom. The molecule has 2 aromatic rings. The quantitative estimate of drug-likeness (QED) is 0.905. The van der Waals surface area contributed by atoms with Gasteiger partial charge in [-0.2, -0.15) is 5.10 Å². The first-order valence-corrected chi connectivity index (χ1v) is 6.83. The lowest BCUT2D eigenvalue weighted by Crippen LogP contribution is -2.26. The Balaban J connectivity index is 2.27. The number of rotatable bonds is 4. The molecule has 2 N–H and O–H groups in total. The molecule has 19 heavy (non-hydrogen) atoms. The third-order valence-electron chi connectivity index (χ3n) is 2.73. The van der Waals surface area contributed by atoms with Crippen molar-refractivity contribution < 1.29 is 0 Å². The molecule has 2 heterocycles. The van der Waals surface area contributed by atoms with E-state index in [4.69, 9.17) is 0 Å². The van der Waals surface area contributed by atoms with E-state index in [9.17, 15) is 4.79 Å². The smallest absolute Gasteiger partial charge is 0.283 e. The van der Waals surface area contributed by atoms with Crippen molar-refractivity contribution in [3.63, 3.8) is 0 Å². The molecule has 0 radical (unpaired) electrons. The molecule has 2 rings (SSSR count). The van der Waals surface area contributed by atoms with Crippen LogP contribution in [-0.4, -0.2) is 19.7 Å². The fourth-order valence-electron chi connectivity index (χ4n) is 1.73. The van der Waals surface area contributed by atoms with Crippen molar-refractivity contribution in [1.82, 2.24) is 19.7 Å². The Morgan fingerprint density at radius 3 is 2.74 bits per heavy atom. The molecule has 0 spiro atoms. The van der Waals surface area contributed by atoms with Crippen LogP contribution in [0.4, 0.5) is 5.69 Å². The van der Waals surface area contributed by atoms with Gasteiger partial charge in [0.25, 0.3) is 5.56 Å². The molecule has 102 valence electrons. The van der Waals surface area contributed by atoms with Crippen LogP contribution < -0.4 is 10.9 Å². The van der Waals surface area contributed by atoms with E-state index in [0.29, 0.717) is 10.2 Å². The first kappa shape index (κ1) is 13.8. The van der Waals surface area contributed by atoms with Gasteiger partial charge in [-0.3, -0.25) is 4.79 Å². The number of aromatic nitrogens is 4. The monoisotopic (exact) mass is 325 g/mol. The molecule has 2 aromatic heterocycles. The number of nitrogens with zero attached hydrogens (tertiary/aromatic N) is 3. The number of nitrogens with one attached hydrogen (secondary N) is 2. The molecule has 0 aliphatic heterocycles. The molecule has 0 aliphatic rings. The summed E-state index contributed by atoms with van der Waals surface area (Å²) >= 11 is 3.32. The van der Waals surface area contributed by atoms with Gasteiger partial charge in [0.1, 0.15) is 10.3 Å². The van der Waals surface area contributed by atoms with E-state index >= 15 is 0 Å². The molecule has 7 heteroatoms. The van der Waals surface area contributed by atoms with Crippen molar-refractivity contribution >= 4 is 21.6 Å². The normalized spacial score (nSPS) is 12.7. The van der Waals surface area contributed by atoms with E-state index in [2.05, 4.69) is 36.3 Å². The Hall–Kier alpha value is -1.63. The first-order valence-electron chi connectivity index (χ1n) is 6.04. The van der Waals surface area contributed by atoms with Crippen LogP contribution in [0, 0.1) is 0 Å². The Morgan fingerprint density at radius 2 is 2.16 bits per heavy atom. The number of hydrogen-bond acceptors (Lipinski definition) is 4. The lowest BCUT2D eigenvalue weighted by molar-refractivity contribution is 0.501. The second-order valence-corrected chi connectivity index (χ2v) is 5.35. The van der Waals surface area contributed by atoms with E-state index in [1.165, 1.54) is 4.68 Å². The van der Waals surface area contributed by atoms with Crippen LogP contribution in [-0.2, 0) is 0 Å². The second kappa shape index (κ2) is 5.56. The summed E-state index contributed by atoms with van der Waals surface area (Å²) in [5, 5.41) is 7.36. The van der Waals surface area contributed by atoms with Crippen molar-refractivity contribution in [2.45, 2.75) is 32.9 Å². The maximum absolute atomic E-state index is 12.1. The van der Waals surface area contributed by atoms with Crippen molar-refractivity contribution in [3.05, 3.63) is 39.2 Å². The summed E-state index contributed by atoms with van der Waals surface area (Å²) in [5.41, 5.74) is 0.512. The summed E-state index contributed by atoms with van der Waals surface area (Å²) in [6, 6.07) is -0.0113. The molecule has 6 nitrogen and oxygen atoms in total. The summed E-state index contributed by atoms with van der Waals surface area (Å²) in [4.78, 5) is 19.3. The molecule has 0 saturated heterocycles. The molecule has 0 fully saturated rings. The van der Waals surface area contributed by atoms with E-state index in [-0.39, 0.29) is 17.6 Å². The minimum absolute atomic E-state index is 0.0281. The molecule has 1 unspecified atom stereocenters. The van der Waals surface area contributed by atoms with Crippen LogP contribution in [0.5, 0.6) is 0 Å². The van der Waals surface area contributed by atoms with E-state index in [1.807, 2.05) is 20.8 Å². The van der Waals surface area contributed by atoms with Gasteiger partial charge < -0.3 is 10.3 Å². The van der Waals surface area contributed by atoms with Crippen LogP contribution in [0.1, 0.15) is 38.7 Å².